The van der Waals surface area contributed by atoms with Gasteiger partial charge in [-0.25, -0.2) is 4.79 Å². The smallest absolute Gasteiger partial charge is 0.336 e. The van der Waals surface area contributed by atoms with Crippen molar-refractivity contribution in [2.24, 2.45) is 0 Å². The molecule has 1 unspecified atom stereocenters. The van der Waals surface area contributed by atoms with Crippen LogP contribution in [0.2, 0.25) is 0 Å². The Kier molecular flexibility index (Phi) is 5.01. The Morgan fingerprint density at radius 3 is 2.59 bits per heavy atom. The van der Waals surface area contributed by atoms with Crippen molar-refractivity contribution in [3.05, 3.63) is 52.6 Å². The van der Waals surface area contributed by atoms with E-state index in [1.165, 1.54) is 0 Å². The zero-order chi connectivity index (χ0) is 16.3. The second kappa shape index (κ2) is 6.77. The normalized spacial score (nSPS) is 18.3. The zero-order valence-electron chi connectivity index (χ0n) is 14.0. The second-order valence-electron chi connectivity index (χ2n) is 5.45. The highest BCUT2D eigenvalue weighted by Crippen LogP contribution is 2.36. The number of carbonyl (C=O) groups excluding carboxylic acids is 1. The van der Waals surface area contributed by atoms with Crippen LogP contribution in [-0.4, -0.2) is 29.0 Å². The molecule has 1 atom stereocenters. The van der Waals surface area contributed by atoms with Gasteiger partial charge in [0.15, 0.2) is 0 Å². The van der Waals surface area contributed by atoms with Crippen LogP contribution in [0, 0.1) is 6.92 Å². The van der Waals surface area contributed by atoms with E-state index in [1.807, 2.05) is 39.0 Å². The molecule has 0 spiro atoms. The van der Waals surface area contributed by atoms with Crippen molar-refractivity contribution < 1.29 is 9.53 Å². The van der Waals surface area contributed by atoms with E-state index in [0.717, 1.165) is 29.3 Å². The van der Waals surface area contributed by atoms with Crippen LogP contribution >= 0.6 is 0 Å². The fourth-order valence-corrected chi connectivity index (χ4v) is 2.99. The summed E-state index contributed by atoms with van der Waals surface area (Å²) >= 11 is 0. The summed E-state index contributed by atoms with van der Waals surface area (Å²) in [6.07, 6.45) is 2.10. The molecule has 0 saturated carbocycles. The van der Waals surface area contributed by atoms with Crippen molar-refractivity contribution in [1.82, 2.24) is 9.88 Å². The van der Waals surface area contributed by atoms with E-state index < -0.39 is 0 Å². The van der Waals surface area contributed by atoms with Crippen molar-refractivity contribution in [2.75, 3.05) is 13.2 Å². The number of pyridine rings is 1. The number of aryl methyl sites for hydroxylation is 1. The van der Waals surface area contributed by atoms with Crippen LogP contribution in [0.4, 0.5) is 0 Å². The molecule has 2 heterocycles. The molecule has 0 radical (unpaired) electrons. The van der Waals surface area contributed by atoms with Gasteiger partial charge < -0.3 is 9.64 Å². The minimum atomic E-state index is -0.254. The molecule has 1 aliphatic heterocycles. The first-order chi connectivity index (χ1) is 10.5. The Morgan fingerprint density at radius 2 is 2.00 bits per heavy atom. The number of aromatic nitrogens is 1. The average molecular weight is 300 g/mol. The van der Waals surface area contributed by atoms with Crippen molar-refractivity contribution in [3.8, 4) is 0 Å². The Bertz CT molecular complexity index is 632. The van der Waals surface area contributed by atoms with Gasteiger partial charge in [-0.1, -0.05) is 12.1 Å². The third-order valence-electron chi connectivity index (χ3n) is 3.98. The number of rotatable bonds is 4. The van der Waals surface area contributed by atoms with Gasteiger partial charge in [-0.3, -0.25) is 4.98 Å². The molecular formula is C18H24N2O2. The molecule has 1 aromatic heterocycles. The van der Waals surface area contributed by atoms with Crippen LogP contribution in [-0.2, 0) is 9.53 Å². The fourth-order valence-electron chi connectivity index (χ4n) is 2.99. The highest BCUT2D eigenvalue weighted by atomic mass is 16.5. The van der Waals surface area contributed by atoms with Gasteiger partial charge in [0.05, 0.1) is 23.8 Å². The van der Waals surface area contributed by atoms with Crippen molar-refractivity contribution >= 4 is 5.97 Å². The lowest BCUT2D eigenvalue weighted by Gasteiger charge is -2.33. The van der Waals surface area contributed by atoms with Gasteiger partial charge >= 0.3 is 5.97 Å². The Morgan fingerprint density at radius 1 is 1.27 bits per heavy atom. The largest absolute Gasteiger partial charge is 0.463 e. The monoisotopic (exact) mass is 300 g/mol. The molecule has 2 rings (SSSR count). The topological polar surface area (TPSA) is 42.4 Å². The summed E-state index contributed by atoms with van der Waals surface area (Å²) in [6.45, 7) is 11.1. The van der Waals surface area contributed by atoms with E-state index in [2.05, 4.69) is 29.8 Å². The lowest BCUT2D eigenvalue weighted by atomic mass is 9.89. The predicted octanol–water partition coefficient (Wildman–Crippen LogP) is 3.55. The minimum Gasteiger partial charge on any atom is -0.463 e. The number of carbonyl (C=O) groups is 1. The summed E-state index contributed by atoms with van der Waals surface area (Å²) in [5.41, 5.74) is 4.61. The van der Waals surface area contributed by atoms with Gasteiger partial charge in [0.2, 0.25) is 0 Å². The minimum absolute atomic E-state index is 0.151. The Labute approximate surface area is 132 Å². The molecule has 0 amide bonds. The Hall–Kier alpha value is -2.10. The molecule has 1 aromatic rings. The summed E-state index contributed by atoms with van der Waals surface area (Å²) in [7, 11) is 0. The molecule has 0 aliphatic carbocycles. The van der Waals surface area contributed by atoms with Gasteiger partial charge in [-0.2, -0.15) is 0 Å². The van der Waals surface area contributed by atoms with E-state index in [9.17, 15) is 4.79 Å². The maximum atomic E-state index is 12.5. The van der Waals surface area contributed by atoms with Crippen LogP contribution < -0.4 is 0 Å². The van der Waals surface area contributed by atoms with Crippen molar-refractivity contribution in [1.29, 1.82) is 0 Å². The summed E-state index contributed by atoms with van der Waals surface area (Å²) in [5.74, 6) is -0.405. The second-order valence-corrected chi connectivity index (χ2v) is 5.45. The molecule has 0 aromatic carbocycles. The Balaban J connectivity index is 2.54. The summed E-state index contributed by atoms with van der Waals surface area (Å²) in [4.78, 5) is 19.2. The number of allylic oxidation sites excluding steroid dienone is 3. The number of hydrogen-bond donors (Lipinski definition) is 0. The number of ether oxygens (including phenoxy) is 1. The highest BCUT2D eigenvalue weighted by Gasteiger charge is 2.31. The summed E-state index contributed by atoms with van der Waals surface area (Å²) < 4.78 is 5.28. The van der Waals surface area contributed by atoms with Crippen LogP contribution in [0.3, 0.4) is 0 Å². The van der Waals surface area contributed by atoms with E-state index in [0.29, 0.717) is 12.2 Å². The average Bonchev–Trinajstić information content (AvgIpc) is 2.47. The van der Waals surface area contributed by atoms with Crippen molar-refractivity contribution in [3.63, 3.8) is 0 Å². The third kappa shape index (κ3) is 3.06. The molecule has 4 nitrogen and oxygen atoms in total. The molecule has 118 valence electrons. The summed E-state index contributed by atoms with van der Waals surface area (Å²) in [5, 5.41) is 0. The molecule has 22 heavy (non-hydrogen) atoms. The third-order valence-corrected chi connectivity index (χ3v) is 3.98. The zero-order valence-corrected chi connectivity index (χ0v) is 14.0. The summed E-state index contributed by atoms with van der Waals surface area (Å²) in [6, 6.07) is 5.91. The van der Waals surface area contributed by atoms with Crippen LogP contribution in [0.15, 0.2) is 41.2 Å². The standard InChI is InChI=1S/C18H24N2O2/c1-6-20-13(4)11-15(16-10-8-9-12(3)19-16)17(14(20)5)18(21)22-7-2/h8-11,15H,6-7H2,1-5H3. The molecular weight excluding hydrogens is 276 g/mol. The number of esters is 1. The van der Waals surface area contributed by atoms with Crippen LogP contribution in [0.25, 0.3) is 0 Å². The van der Waals surface area contributed by atoms with E-state index in [1.54, 1.807) is 0 Å². The van der Waals surface area contributed by atoms with E-state index in [-0.39, 0.29) is 11.9 Å². The molecule has 1 aliphatic rings. The molecule has 0 fully saturated rings. The van der Waals surface area contributed by atoms with Gasteiger partial charge in [-0.15, -0.1) is 0 Å². The van der Waals surface area contributed by atoms with Crippen LogP contribution in [0.1, 0.15) is 45.0 Å². The first-order valence-corrected chi connectivity index (χ1v) is 7.77. The maximum absolute atomic E-state index is 12.5. The predicted molar refractivity (Wildman–Crippen MR) is 87.2 cm³/mol. The maximum Gasteiger partial charge on any atom is 0.336 e. The quantitative estimate of drug-likeness (QED) is 0.798. The number of nitrogens with zero attached hydrogens (tertiary/aromatic N) is 2. The van der Waals surface area contributed by atoms with Crippen molar-refractivity contribution in [2.45, 2.75) is 40.5 Å². The SMILES string of the molecule is CCOC(=O)C1=C(C)N(CC)C(C)=CC1c1cccc(C)n1. The molecule has 0 N–H and O–H groups in total. The van der Waals surface area contributed by atoms with Gasteiger partial charge in [0, 0.05) is 23.6 Å². The number of hydrogen-bond acceptors (Lipinski definition) is 4. The molecule has 4 heteroatoms. The lowest BCUT2D eigenvalue weighted by molar-refractivity contribution is -0.139. The van der Waals surface area contributed by atoms with E-state index in [4.69, 9.17) is 4.74 Å². The first-order valence-electron chi connectivity index (χ1n) is 7.77. The van der Waals surface area contributed by atoms with Gasteiger partial charge in [0.25, 0.3) is 0 Å². The molecule has 0 saturated heterocycles. The van der Waals surface area contributed by atoms with E-state index >= 15 is 0 Å². The van der Waals surface area contributed by atoms with Gasteiger partial charge in [-0.05, 0) is 46.8 Å². The fraction of sp³-hybridized carbons (Fsp3) is 0.444. The van der Waals surface area contributed by atoms with Gasteiger partial charge in [0.1, 0.15) is 0 Å². The van der Waals surface area contributed by atoms with Crippen LogP contribution in [0.5, 0.6) is 0 Å². The lowest BCUT2D eigenvalue weighted by Crippen LogP contribution is -2.30. The first kappa shape index (κ1) is 16.3. The molecule has 0 bridgehead atoms. The highest BCUT2D eigenvalue weighted by molar-refractivity contribution is 5.92.